The molecule has 0 spiro atoms. The number of aliphatic carboxylic acids is 1. The van der Waals surface area contributed by atoms with Gasteiger partial charge in [-0.1, -0.05) is 0 Å². The summed E-state index contributed by atoms with van der Waals surface area (Å²) in [6, 6.07) is 0.252. The van der Waals surface area contributed by atoms with Gasteiger partial charge in [-0.3, -0.25) is 9.59 Å². The monoisotopic (exact) mass is 214 g/mol. The molecule has 0 aromatic carbocycles. The van der Waals surface area contributed by atoms with E-state index in [9.17, 15) is 9.59 Å². The van der Waals surface area contributed by atoms with Crippen LogP contribution in [0.4, 0.5) is 0 Å². The van der Waals surface area contributed by atoms with E-state index in [-0.39, 0.29) is 18.4 Å². The molecule has 1 aliphatic rings. The molecule has 5 heteroatoms. The first-order valence-corrected chi connectivity index (χ1v) is 5.30. The summed E-state index contributed by atoms with van der Waals surface area (Å²) >= 11 is 0. The molecule has 0 radical (unpaired) electrons. The molecular weight excluding hydrogens is 196 g/mol. The summed E-state index contributed by atoms with van der Waals surface area (Å²) in [6.45, 7) is 3.58. The fourth-order valence-corrected chi connectivity index (χ4v) is 1.81. The van der Waals surface area contributed by atoms with Crippen molar-refractivity contribution in [3.8, 4) is 0 Å². The van der Waals surface area contributed by atoms with Crippen molar-refractivity contribution in [2.45, 2.75) is 32.2 Å². The minimum atomic E-state index is -0.790. The lowest BCUT2D eigenvalue weighted by Gasteiger charge is -2.32. The lowest BCUT2D eigenvalue weighted by atomic mass is 10.1. The minimum absolute atomic E-state index is 0.0970. The van der Waals surface area contributed by atoms with E-state index < -0.39 is 5.97 Å². The summed E-state index contributed by atoms with van der Waals surface area (Å²) in [5, 5.41) is 11.6. The van der Waals surface area contributed by atoms with Crippen molar-refractivity contribution in [1.82, 2.24) is 10.2 Å². The molecule has 0 aromatic heterocycles. The van der Waals surface area contributed by atoms with Crippen LogP contribution >= 0.6 is 0 Å². The molecule has 1 fully saturated rings. The minimum Gasteiger partial charge on any atom is -0.481 e. The average molecular weight is 214 g/mol. The molecule has 1 heterocycles. The van der Waals surface area contributed by atoms with Crippen LogP contribution in [0.15, 0.2) is 0 Å². The van der Waals surface area contributed by atoms with Gasteiger partial charge in [0, 0.05) is 32.6 Å². The summed E-state index contributed by atoms with van der Waals surface area (Å²) in [5.41, 5.74) is 0. The number of hydrogen-bond donors (Lipinski definition) is 2. The Morgan fingerprint density at radius 1 is 1.53 bits per heavy atom. The zero-order valence-corrected chi connectivity index (χ0v) is 9.03. The number of nitrogens with zero attached hydrogens (tertiary/aromatic N) is 1. The lowest BCUT2D eigenvalue weighted by molar-refractivity contribution is -0.137. The zero-order valence-electron chi connectivity index (χ0n) is 9.03. The van der Waals surface area contributed by atoms with Gasteiger partial charge in [0.25, 0.3) is 0 Å². The second kappa shape index (κ2) is 5.70. The molecule has 0 aliphatic carbocycles. The van der Waals surface area contributed by atoms with E-state index >= 15 is 0 Å². The highest BCUT2D eigenvalue weighted by atomic mass is 16.4. The summed E-state index contributed by atoms with van der Waals surface area (Å²) in [4.78, 5) is 23.2. The predicted molar refractivity (Wildman–Crippen MR) is 55.5 cm³/mol. The van der Waals surface area contributed by atoms with Crippen molar-refractivity contribution < 1.29 is 14.7 Å². The molecule has 1 unspecified atom stereocenters. The third kappa shape index (κ3) is 4.29. The van der Waals surface area contributed by atoms with Crippen LogP contribution in [-0.2, 0) is 9.59 Å². The normalized spacial score (nSPS) is 21.4. The maximum Gasteiger partial charge on any atom is 0.304 e. The summed E-state index contributed by atoms with van der Waals surface area (Å²) in [7, 11) is 0. The van der Waals surface area contributed by atoms with E-state index in [1.807, 2.05) is 4.90 Å². The first kappa shape index (κ1) is 12.0. The Bertz CT molecular complexity index is 243. The lowest BCUT2D eigenvalue weighted by Crippen LogP contribution is -2.47. The predicted octanol–water partition coefficient (Wildman–Crippen LogP) is 0.0616. The van der Waals surface area contributed by atoms with Gasteiger partial charge in [0.1, 0.15) is 0 Å². The molecule has 1 atom stereocenters. The van der Waals surface area contributed by atoms with Crippen molar-refractivity contribution in [1.29, 1.82) is 0 Å². The fraction of sp³-hybridized carbons (Fsp3) is 0.800. The van der Waals surface area contributed by atoms with Crippen molar-refractivity contribution in [2.24, 2.45) is 0 Å². The highest BCUT2D eigenvalue weighted by Crippen LogP contribution is 2.09. The SMILES string of the molecule is CC(=O)N1CCCC(NCCC(=O)O)C1. The molecule has 15 heavy (non-hydrogen) atoms. The summed E-state index contributed by atoms with van der Waals surface area (Å²) in [6.07, 6.45) is 2.14. The van der Waals surface area contributed by atoms with Crippen LogP contribution in [0.2, 0.25) is 0 Å². The second-order valence-corrected chi connectivity index (χ2v) is 3.90. The number of carbonyl (C=O) groups excluding carboxylic acids is 1. The number of amides is 1. The van der Waals surface area contributed by atoms with Crippen LogP contribution in [0.3, 0.4) is 0 Å². The molecule has 1 amide bonds. The number of rotatable bonds is 4. The molecule has 1 rings (SSSR count). The number of nitrogens with one attached hydrogen (secondary N) is 1. The van der Waals surface area contributed by atoms with E-state index in [2.05, 4.69) is 5.32 Å². The van der Waals surface area contributed by atoms with Crippen LogP contribution in [0.5, 0.6) is 0 Å². The van der Waals surface area contributed by atoms with Gasteiger partial charge in [0.2, 0.25) is 5.91 Å². The van der Waals surface area contributed by atoms with Gasteiger partial charge in [-0.25, -0.2) is 0 Å². The van der Waals surface area contributed by atoms with E-state index in [1.54, 1.807) is 6.92 Å². The Labute approximate surface area is 89.4 Å². The van der Waals surface area contributed by atoms with Crippen LogP contribution < -0.4 is 5.32 Å². The van der Waals surface area contributed by atoms with E-state index in [0.717, 1.165) is 19.4 Å². The molecule has 5 nitrogen and oxygen atoms in total. The van der Waals surface area contributed by atoms with Gasteiger partial charge >= 0.3 is 5.97 Å². The van der Waals surface area contributed by atoms with Crippen LogP contribution in [0.1, 0.15) is 26.2 Å². The number of carboxylic acid groups (broad SMARTS) is 1. The first-order chi connectivity index (χ1) is 7.09. The molecule has 0 aromatic rings. The Morgan fingerprint density at radius 2 is 2.27 bits per heavy atom. The average Bonchev–Trinajstić information content (AvgIpc) is 2.17. The van der Waals surface area contributed by atoms with E-state index in [1.165, 1.54) is 0 Å². The smallest absolute Gasteiger partial charge is 0.304 e. The third-order valence-corrected chi connectivity index (χ3v) is 2.64. The molecule has 1 aliphatic heterocycles. The van der Waals surface area contributed by atoms with Crippen molar-refractivity contribution in [3.05, 3.63) is 0 Å². The fourth-order valence-electron chi connectivity index (χ4n) is 1.81. The molecule has 86 valence electrons. The van der Waals surface area contributed by atoms with Crippen LogP contribution in [-0.4, -0.2) is 47.6 Å². The van der Waals surface area contributed by atoms with Gasteiger partial charge in [0.15, 0.2) is 0 Å². The first-order valence-electron chi connectivity index (χ1n) is 5.30. The number of likely N-dealkylation sites (tertiary alicyclic amines) is 1. The van der Waals surface area contributed by atoms with Crippen LogP contribution in [0.25, 0.3) is 0 Å². The summed E-state index contributed by atoms with van der Waals surface area (Å²) in [5.74, 6) is -0.693. The number of carbonyl (C=O) groups is 2. The molecular formula is C10H18N2O3. The zero-order chi connectivity index (χ0) is 11.3. The highest BCUT2D eigenvalue weighted by Gasteiger charge is 2.20. The van der Waals surface area contributed by atoms with Crippen molar-refractivity contribution in [2.75, 3.05) is 19.6 Å². The van der Waals surface area contributed by atoms with E-state index in [4.69, 9.17) is 5.11 Å². The maximum atomic E-state index is 11.1. The largest absolute Gasteiger partial charge is 0.481 e. The topological polar surface area (TPSA) is 69.6 Å². The van der Waals surface area contributed by atoms with Gasteiger partial charge in [-0.05, 0) is 12.8 Å². The van der Waals surface area contributed by atoms with Gasteiger partial charge < -0.3 is 15.3 Å². The molecule has 0 saturated carbocycles. The van der Waals surface area contributed by atoms with Gasteiger partial charge in [-0.15, -0.1) is 0 Å². The Hall–Kier alpha value is -1.10. The van der Waals surface area contributed by atoms with Crippen molar-refractivity contribution >= 4 is 11.9 Å². The standard InChI is InChI=1S/C10H18N2O3/c1-8(13)12-6-2-3-9(7-12)11-5-4-10(14)15/h9,11H,2-7H2,1H3,(H,14,15). The van der Waals surface area contributed by atoms with Crippen molar-refractivity contribution in [3.63, 3.8) is 0 Å². The number of piperidine rings is 1. The third-order valence-electron chi connectivity index (χ3n) is 2.64. The molecule has 1 saturated heterocycles. The van der Waals surface area contributed by atoms with Gasteiger partial charge in [0.05, 0.1) is 6.42 Å². The maximum absolute atomic E-state index is 11.1. The van der Waals surface area contributed by atoms with Gasteiger partial charge in [-0.2, -0.15) is 0 Å². The highest BCUT2D eigenvalue weighted by molar-refractivity contribution is 5.73. The van der Waals surface area contributed by atoms with Crippen LogP contribution in [0, 0.1) is 0 Å². The Balaban J connectivity index is 2.24. The Morgan fingerprint density at radius 3 is 2.87 bits per heavy atom. The molecule has 0 bridgehead atoms. The number of carboxylic acids is 1. The summed E-state index contributed by atoms with van der Waals surface area (Å²) < 4.78 is 0. The number of hydrogen-bond acceptors (Lipinski definition) is 3. The Kier molecular flexibility index (Phi) is 4.55. The van der Waals surface area contributed by atoms with E-state index in [0.29, 0.717) is 13.1 Å². The second-order valence-electron chi connectivity index (χ2n) is 3.90. The molecule has 2 N–H and O–H groups in total. The quantitative estimate of drug-likeness (QED) is 0.694.